The van der Waals surface area contributed by atoms with Crippen molar-refractivity contribution in [1.29, 1.82) is 0 Å². The quantitative estimate of drug-likeness (QED) is 0.523. The maximum Gasteiger partial charge on any atom is 0.0444 e. The summed E-state index contributed by atoms with van der Waals surface area (Å²) < 4.78 is 0. The lowest BCUT2D eigenvalue weighted by Crippen LogP contribution is -2.41. The Bertz CT molecular complexity index is 140. The third kappa shape index (κ3) is 1.51. The molecule has 2 heteroatoms. The van der Waals surface area contributed by atoms with Gasteiger partial charge in [0.15, 0.2) is 0 Å². The summed E-state index contributed by atoms with van der Waals surface area (Å²) in [6.07, 6.45) is 3.18. The second-order valence-electron chi connectivity index (χ2n) is 3.07. The number of hydrogen-bond donors (Lipinski definition) is 2. The highest BCUT2D eigenvalue weighted by Gasteiger charge is 2.18. The van der Waals surface area contributed by atoms with Gasteiger partial charge in [-0.15, -0.1) is 0 Å². The SMILES string of the molecule is C/C=C1/NCC(C)CC1N. The first-order valence-electron chi connectivity index (χ1n) is 3.89. The summed E-state index contributed by atoms with van der Waals surface area (Å²) in [6, 6.07) is 0.244. The number of hydrogen-bond acceptors (Lipinski definition) is 2. The van der Waals surface area contributed by atoms with E-state index in [1.165, 1.54) is 5.70 Å². The van der Waals surface area contributed by atoms with Crippen LogP contribution in [0.25, 0.3) is 0 Å². The van der Waals surface area contributed by atoms with Crippen LogP contribution in [0.4, 0.5) is 0 Å². The Labute approximate surface area is 62.5 Å². The van der Waals surface area contributed by atoms with Crippen molar-refractivity contribution in [3.63, 3.8) is 0 Å². The predicted octanol–water partition coefficient (Wildman–Crippen LogP) is 0.847. The third-order valence-corrected chi connectivity index (χ3v) is 2.02. The van der Waals surface area contributed by atoms with Crippen LogP contribution >= 0.6 is 0 Å². The molecule has 0 amide bonds. The molecule has 0 aromatic rings. The lowest BCUT2D eigenvalue weighted by molar-refractivity contribution is 0.409. The van der Waals surface area contributed by atoms with Crippen LogP contribution in [0.15, 0.2) is 11.8 Å². The third-order valence-electron chi connectivity index (χ3n) is 2.02. The Hall–Kier alpha value is -0.500. The molecule has 1 aliphatic heterocycles. The predicted molar refractivity (Wildman–Crippen MR) is 43.5 cm³/mol. The molecule has 1 fully saturated rings. The summed E-state index contributed by atoms with van der Waals surface area (Å²) in [6.45, 7) is 5.32. The second-order valence-corrected chi connectivity index (χ2v) is 3.07. The Morgan fingerprint density at radius 3 is 2.90 bits per heavy atom. The molecule has 2 nitrogen and oxygen atoms in total. The van der Waals surface area contributed by atoms with E-state index in [2.05, 4.69) is 18.3 Å². The highest BCUT2D eigenvalue weighted by atomic mass is 14.9. The van der Waals surface area contributed by atoms with Gasteiger partial charge in [0.05, 0.1) is 0 Å². The summed E-state index contributed by atoms with van der Waals surface area (Å²) in [5.74, 6) is 0.721. The Morgan fingerprint density at radius 2 is 2.40 bits per heavy atom. The van der Waals surface area contributed by atoms with E-state index in [9.17, 15) is 0 Å². The molecule has 1 heterocycles. The van der Waals surface area contributed by atoms with Gasteiger partial charge in [-0.1, -0.05) is 13.0 Å². The van der Waals surface area contributed by atoms with E-state index in [4.69, 9.17) is 5.73 Å². The van der Waals surface area contributed by atoms with Gasteiger partial charge in [-0.3, -0.25) is 0 Å². The molecule has 58 valence electrons. The van der Waals surface area contributed by atoms with Crippen LogP contribution in [0.3, 0.4) is 0 Å². The first-order chi connectivity index (χ1) is 4.74. The molecule has 3 N–H and O–H groups in total. The van der Waals surface area contributed by atoms with E-state index in [-0.39, 0.29) is 6.04 Å². The topological polar surface area (TPSA) is 38.0 Å². The molecular formula is C8H16N2. The van der Waals surface area contributed by atoms with Crippen LogP contribution in [-0.4, -0.2) is 12.6 Å². The highest BCUT2D eigenvalue weighted by Crippen LogP contribution is 2.14. The Balaban J connectivity index is 2.52. The van der Waals surface area contributed by atoms with Gasteiger partial charge in [-0.05, 0) is 19.3 Å². The van der Waals surface area contributed by atoms with E-state index >= 15 is 0 Å². The smallest absolute Gasteiger partial charge is 0.0444 e. The molecular weight excluding hydrogens is 124 g/mol. The van der Waals surface area contributed by atoms with E-state index in [1.54, 1.807) is 0 Å². The van der Waals surface area contributed by atoms with Crippen molar-refractivity contribution in [3.05, 3.63) is 11.8 Å². The minimum atomic E-state index is 0.244. The lowest BCUT2D eigenvalue weighted by atomic mass is 9.95. The standard InChI is InChI=1S/C8H16N2/c1-3-8-7(9)4-6(2)5-10-8/h3,6-7,10H,4-5,9H2,1-2H3/b8-3+. The zero-order chi connectivity index (χ0) is 7.56. The molecule has 2 atom stereocenters. The molecule has 1 rings (SSSR count). The average molecular weight is 140 g/mol. The second kappa shape index (κ2) is 3.06. The fourth-order valence-electron chi connectivity index (χ4n) is 1.38. The summed E-state index contributed by atoms with van der Waals surface area (Å²) >= 11 is 0. The van der Waals surface area contributed by atoms with Crippen LogP contribution in [0, 0.1) is 5.92 Å². The molecule has 10 heavy (non-hydrogen) atoms. The van der Waals surface area contributed by atoms with Crippen molar-refractivity contribution in [2.45, 2.75) is 26.3 Å². The Morgan fingerprint density at radius 1 is 1.70 bits per heavy atom. The van der Waals surface area contributed by atoms with Crippen molar-refractivity contribution >= 4 is 0 Å². The molecule has 0 aliphatic carbocycles. The van der Waals surface area contributed by atoms with Gasteiger partial charge in [0, 0.05) is 18.3 Å². The van der Waals surface area contributed by atoms with Crippen molar-refractivity contribution in [1.82, 2.24) is 5.32 Å². The van der Waals surface area contributed by atoms with Crippen molar-refractivity contribution in [2.24, 2.45) is 11.7 Å². The maximum absolute atomic E-state index is 5.85. The number of nitrogens with two attached hydrogens (primary N) is 1. The van der Waals surface area contributed by atoms with Crippen LogP contribution in [0.1, 0.15) is 20.3 Å². The molecule has 2 unspecified atom stereocenters. The maximum atomic E-state index is 5.85. The molecule has 1 saturated heterocycles. The van der Waals surface area contributed by atoms with Gasteiger partial charge < -0.3 is 11.1 Å². The number of nitrogens with one attached hydrogen (secondary N) is 1. The average Bonchev–Trinajstić information content (AvgIpc) is 1.88. The van der Waals surface area contributed by atoms with Gasteiger partial charge in [0.2, 0.25) is 0 Å². The lowest BCUT2D eigenvalue weighted by Gasteiger charge is -2.28. The highest BCUT2D eigenvalue weighted by molar-refractivity contribution is 5.09. The number of allylic oxidation sites excluding steroid dienone is 1. The van der Waals surface area contributed by atoms with Crippen LogP contribution < -0.4 is 11.1 Å². The molecule has 0 radical (unpaired) electrons. The van der Waals surface area contributed by atoms with Gasteiger partial charge in [-0.2, -0.15) is 0 Å². The molecule has 0 saturated carbocycles. The zero-order valence-electron chi connectivity index (χ0n) is 6.72. The monoisotopic (exact) mass is 140 g/mol. The number of rotatable bonds is 0. The summed E-state index contributed by atoms with van der Waals surface area (Å²) in [5, 5.41) is 3.30. The van der Waals surface area contributed by atoms with Crippen LogP contribution in [0.2, 0.25) is 0 Å². The minimum absolute atomic E-state index is 0.244. The molecule has 0 aromatic heterocycles. The van der Waals surface area contributed by atoms with Gasteiger partial charge >= 0.3 is 0 Å². The summed E-state index contributed by atoms with van der Waals surface area (Å²) in [4.78, 5) is 0. The minimum Gasteiger partial charge on any atom is -0.387 e. The van der Waals surface area contributed by atoms with E-state index in [0.717, 1.165) is 18.9 Å². The largest absolute Gasteiger partial charge is 0.387 e. The van der Waals surface area contributed by atoms with Crippen molar-refractivity contribution in [3.8, 4) is 0 Å². The first kappa shape index (κ1) is 7.61. The fraction of sp³-hybridized carbons (Fsp3) is 0.750. The summed E-state index contributed by atoms with van der Waals surface area (Å²) in [7, 11) is 0. The molecule has 0 spiro atoms. The van der Waals surface area contributed by atoms with Crippen molar-refractivity contribution < 1.29 is 0 Å². The van der Waals surface area contributed by atoms with E-state index in [0.29, 0.717) is 0 Å². The zero-order valence-corrected chi connectivity index (χ0v) is 6.72. The summed E-state index contributed by atoms with van der Waals surface area (Å²) in [5.41, 5.74) is 7.06. The molecule has 1 aliphatic rings. The number of piperidine rings is 1. The van der Waals surface area contributed by atoms with Gasteiger partial charge in [0.25, 0.3) is 0 Å². The van der Waals surface area contributed by atoms with E-state index < -0.39 is 0 Å². The van der Waals surface area contributed by atoms with Crippen molar-refractivity contribution in [2.75, 3.05) is 6.54 Å². The van der Waals surface area contributed by atoms with Crippen LogP contribution in [0.5, 0.6) is 0 Å². The van der Waals surface area contributed by atoms with Crippen LogP contribution in [-0.2, 0) is 0 Å². The van der Waals surface area contributed by atoms with E-state index in [1.807, 2.05) is 6.92 Å². The van der Waals surface area contributed by atoms with Gasteiger partial charge in [-0.25, -0.2) is 0 Å². The fourth-order valence-corrected chi connectivity index (χ4v) is 1.38. The van der Waals surface area contributed by atoms with Gasteiger partial charge in [0.1, 0.15) is 0 Å². The Kier molecular flexibility index (Phi) is 2.33. The first-order valence-corrected chi connectivity index (χ1v) is 3.89. The molecule has 0 bridgehead atoms. The normalized spacial score (nSPS) is 37.7. The molecule has 0 aromatic carbocycles.